The lowest BCUT2D eigenvalue weighted by Gasteiger charge is -2.24. The van der Waals surface area contributed by atoms with Gasteiger partial charge in [-0.1, -0.05) is 60.7 Å². The zero-order valence-corrected chi connectivity index (χ0v) is 16.7. The van der Waals surface area contributed by atoms with Crippen LogP contribution in [0, 0.1) is 0 Å². The molecule has 0 saturated carbocycles. The first kappa shape index (κ1) is 21.9. The molecule has 0 aliphatic rings. The number of carboxylic acids is 1. The number of carboxylic acid groups (broad SMARTS) is 1. The summed E-state index contributed by atoms with van der Waals surface area (Å²) in [4.78, 5) is 36.8. The number of ether oxygens (including phenoxy) is 1. The van der Waals surface area contributed by atoms with Crippen LogP contribution in [-0.4, -0.2) is 34.7 Å². The predicted molar refractivity (Wildman–Crippen MR) is 108 cm³/mol. The lowest BCUT2D eigenvalue weighted by atomic mass is 10.0. The SMILES string of the molecule is CC(C)(C)OC(=O)NC(C(=O)N[C@@H](Cc1ccccc1)C(=O)O)c1ccccc1. The molecule has 2 aromatic carbocycles. The van der Waals surface area contributed by atoms with Crippen molar-refractivity contribution in [2.75, 3.05) is 0 Å². The van der Waals surface area contributed by atoms with E-state index in [4.69, 9.17) is 4.74 Å². The number of benzene rings is 2. The molecule has 0 radical (unpaired) electrons. The molecular weight excluding hydrogens is 372 g/mol. The molecule has 0 bridgehead atoms. The van der Waals surface area contributed by atoms with Gasteiger partial charge in [-0.15, -0.1) is 0 Å². The van der Waals surface area contributed by atoms with Crippen molar-refractivity contribution >= 4 is 18.0 Å². The fourth-order valence-electron chi connectivity index (χ4n) is 2.68. The third-order valence-corrected chi connectivity index (χ3v) is 3.95. The lowest BCUT2D eigenvalue weighted by molar-refractivity contribution is -0.142. The number of amides is 2. The summed E-state index contributed by atoms with van der Waals surface area (Å²) in [6, 6.07) is 15.3. The summed E-state index contributed by atoms with van der Waals surface area (Å²) in [5, 5.41) is 14.6. The van der Waals surface area contributed by atoms with Crippen molar-refractivity contribution in [2.24, 2.45) is 0 Å². The van der Waals surface area contributed by atoms with Crippen LogP contribution in [0.5, 0.6) is 0 Å². The lowest BCUT2D eigenvalue weighted by Crippen LogP contribution is -2.48. The Morgan fingerprint density at radius 1 is 0.931 bits per heavy atom. The zero-order valence-electron chi connectivity index (χ0n) is 16.7. The first-order valence-electron chi connectivity index (χ1n) is 9.27. The van der Waals surface area contributed by atoms with Crippen molar-refractivity contribution < 1.29 is 24.2 Å². The molecule has 0 heterocycles. The molecule has 2 rings (SSSR count). The Hall–Kier alpha value is -3.35. The maximum atomic E-state index is 12.9. The first-order chi connectivity index (χ1) is 13.7. The molecule has 7 nitrogen and oxygen atoms in total. The summed E-state index contributed by atoms with van der Waals surface area (Å²) >= 11 is 0. The van der Waals surface area contributed by atoms with Crippen LogP contribution < -0.4 is 10.6 Å². The molecular formula is C22H26N2O5. The molecule has 1 unspecified atom stereocenters. The molecule has 2 amide bonds. The Morgan fingerprint density at radius 2 is 1.48 bits per heavy atom. The van der Waals surface area contributed by atoms with E-state index >= 15 is 0 Å². The van der Waals surface area contributed by atoms with Gasteiger partial charge >= 0.3 is 12.1 Å². The normalized spacial score (nSPS) is 13.1. The van der Waals surface area contributed by atoms with E-state index in [1.165, 1.54) is 0 Å². The second-order valence-corrected chi connectivity index (χ2v) is 7.58. The van der Waals surface area contributed by atoms with Crippen molar-refractivity contribution in [3.8, 4) is 0 Å². The number of alkyl carbamates (subject to hydrolysis) is 1. The van der Waals surface area contributed by atoms with Gasteiger partial charge in [-0.05, 0) is 31.9 Å². The highest BCUT2D eigenvalue weighted by molar-refractivity contribution is 5.90. The molecule has 7 heteroatoms. The van der Waals surface area contributed by atoms with E-state index in [9.17, 15) is 19.5 Å². The van der Waals surface area contributed by atoms with Crippen LogP contribution in [0.25, 0.3) is 0 Å². The van der Waals surface area contributed by atoms with Gasteiger partial charge in [0.1, 0.15) is 17.7 Å². The second kappa shape index (κ2) is 9.73. The summed E-state index contributed by atoms with van der Waals surface area (Å²) in [7, 11) is 0. The van der Waals surface area contributed by atoms with Gasteiger partial charge in [0.05, 0.1) is 0 Å². The Bertz CT molecular complexity index is 831. The highest BCUT2D eigenvalue weighted by Gasteiger charge is 2.29. The van der Waals surface area contributed by atoms with Crippen LogP contribution in [0.1, 0.15) is 37.9 Å². The van der Waals surface area contributed by atoms with Crippen molar-refractivity contribution in [2.45, 2.75) is 44.9 Å². The highest BCUT2D eigenvalue weighted by atomic mass is 16.6. The Kier molecular flexibility index (Phi) is 7.36. The quantitative estimate of drug-likeness (QED) is 0.665. The minimum absolute atomic E-state index is 0.121. The predicted octanol–water partition coefficient (Wildman–Crippen LogP) is 3.06. The number of carbonyl (C=O) groups excluding carboxylic acids is 2. The summed E-state index contributed by atoms with van der Waals surface area (Å²) in [5.74, 6) is -1.79. The molecule has 2 aromatic rings. The average Bonchev–Trinajstić information content (AvgIpc) is 2.65. The standard InChI is InChI=1S/C22H26N2O5/c1-22(2,3)29-21(28)24-18(16-12-8-5-9-13-16)19(25)23-17(20(26)27)14-15-10-6-4-7-11-15/h4-13,17-18H,14H2,1-3H3,(H,23,25)(H,24,28)(H,26,27)/t17-,18?/m0/s1. The van der Waals surface area contributed by atoms with Gasteiger partial charge in [0.2, 0.25) is 5.91 Å². The molecule has 154 valence electrons. The van der Waals surface area contributed by atoms with Crippen molar-refractivity contribution in [1.29, 1.82) is 0 Å². The van der Waals surface area contributed by atoms with Gasteiger partial charge in [0.25, 0.3) is 0 Å². The van der Waals surface area contributed by atoms with Crippen LogP contribution in [0.15, 0.2) is 60.7 Å². The molecule has 29 heavy (non-hydrogen) atoms. The summed E-state index contributed by atoms with van der Waals surface area (Å²) in [6.45, 7) is 5.14. The Labute approximate surface area is 170 Å². The van der Waals surface area contributed by atoms with Crippen molar-refractivity contribution in [3.63, 3.8) is 0 Å². The third-order valence-electron chi connectivity index (χ3n) is 3.95. The average molecular weight is 398 g/mol. The van der Waals surface area contributed by atoms with E-state index in [2.05, 4.69) is 10.6 Å². The molecule has 0 spiro atoms. The van der Waals surface area contributed by atoms with E-state index in [-0.39, 0.29) is 6.42 Å². The van der Waals surface area contributed by atoms with Crippen LogP contribution in [0.3, 0.4) is 0 Å². The zero-order chi connectivity index (χ0) is 21.4. The number of rotatable bonds is 7. The van der Waals surface area contributed by atoms with Gasteiger partial charge in [-0.25, -0.2) is 9.59 Å². The van der Waals surface area contributed by atoms with E-state index < -0.39 is 35.7 Å². The number of carbonyl (C=O) groups is 3. The van der Waals surface area contributed by atoms with Crippen molar-refractivity contribution in [3.05, 3.63) is 71.8 Å². The topological polar surface area (TPSA) is 105 Å². The monoisotopic (exact) mass is 398 g/mol. The molecule has 0 aliphatic heterocycles. The Morgan fingerprint density at radius 3 is 2.00 bits per heavy atom. The second-order valence-electron chi connectivity index (χ2n) is 7.58. The van der Waals surface area contributed by atoms with Crippen LogP contribution in [-0.2, 0) is 20.7 Å². The smallest absolute Gasteiger partial charge is 0.408 e. The summed E-state index contributed by atoms with van der Waals surface area (Å²) < 4.78 is 5.24. The van der Waals surface area contributed by atoms with Crippen LogP contribution in [0.4, 0.5) is 4.79 Å². The largest absolute Gasteiger partial charge is 0.480 e. The maximum Gasteiger partial charge on any atom is 0.408 e. The fourth-order valence-corrected chi connectivity index (χ4v) is 2.68. The molecule has 3 N–H and O–H groups in total. The third kappa shape index (κ3) is 7.29. The van der Waals surface area contributed by atoms with Gasteiger partial charge < -0.3 is 20.5 Å². The van der Waals surface area contributed by atoms with E-state index in [1.807, 2.05) is 6.07 Å². The minimum atomic E-state index is -1.16. The van der Waals surface area contributed by atoms with Crippen LogP contribution in [0.2, 0.25) is 0 Å². The van der Waals surface area contributed by atoms with E-state index in [1.54, 1.807) is 75.4 Å². The minimum Gasteiger partial charge on any atom is -0.480 e. The number of nitrogens with one attached hydrogen (secondary N) is 2. The number of aliphatic carboxylic acids is 1. The number of hydrogen-bond donors (Lipinski definition) is 3. The first-order valence-corrected chi connectivity index (χ1v) is 9.27. The van der Waals surface area contributed by atoms with Crippen LogP contribution >= 0.6 is 0 Å². The summed E-state index contributed by atoms with van der Waals surface area (Å²) in [6.07, 6.45) is -0.646. The fraction of sp³-hybridized carbons (Fsp3) is 0.318. The molecule has 0 aliphatic carbocycles. The highest BCUT2D eigenvalue weighted by Crippen LogP contribution is 2.16. The molecule has 0 saturated heterocycles. The van der Waals surface area contributed by atoms with Gasteiger partial charge in [-0.3, -0.25) is 4.79 Å². The van der Waals surface area contributed by atoms with Gasteiger partial charge in [0.15, 0.2) is 0 Å². The molecule has 2 atom stereocenters. The maximum absolute atomic E-state index is 12.9. The molecule has 0 aromatic heterocycles. The number of hydrogen-bond acceptors (Lipinski definition) is 4. The van der Waals surface area contributed by atoms with E-state index in [0.29, 0.717) is 5.56 Å². The van der Waals surface area contributed by atoms with E-state index in [0.717, 1.165) is 5.56 Å². The molecule has 0 fully saturated rings. The van der Waals surface area contributed by atoms with Gasteiger partial charge in [0, 0.05) is 6.42 Å². The summed E-state index contributed by atoms with van der Waals surface area (Å²) in [5.41, 5.74) is 0.551. The Balaban J connectivity index is 2.19. The van der Waals surface area contributed by atoms with Crippen molar-refractivity contribution in [1.82, 2.24) is 10.6 Å². The van der Waals surface area contributed by atoms with Gasteiger partial charge in [-0.2, -0.15) is 0 Å².